The monoisotopic (exact) mass is 178 g/mol. The first-order chi connectivity index (χ1) is 5.43. The lowest BCUT2D eigenvalue weighted by Gasteiger charge is -2.16. The number of aliphatic hydroxyl groups excluding tert-OH is 2. The Morgan fingerprint density at radius 1 is 1.33 bits per heavy atom. The van der Waals surface area contributed by atoms with E-state index in [0.717, 1.165) is 5.01 Å². The summed E-state index contributed by atoms with van der Waals surface area (Å²) >= 11 is 0. The van der Waals surface area contributed by atoms with Gasteiger partial charge in [-0.05, 0) is 13.8 Å². The molecule has 6 heteroatoms. The van der Waals surface area contributed by atoms with Gasteiger partial charge in [0.2, 0.25) is 0 Å². The second-order valence-electron chi connectivity index (χ2n) is 2.81. The van der Waals surface area contributed by atoms with Crippen LogP contribution in [0.15, 0.2) is 0 Å². The van der Waals surface area contributed by atoms with Crippen molar-refractivity contribution >= 4 is 0 Å². The third kappa shape index (κ3) is 4.86. The highest BCUT2D eigenvalue weighted by Crippen LogP contribution is 1.94. The molecule has 6 nitrogen and oxygen atoms in total. The lowest BCUT2D eigenvalue weighted by Crippen LogP contribution is -2.40. The van der Waals surface area contributed by atoms with E-state index in [9.17, 15) is 10.1 Å². The molecule has 0 rings (SSSR count). The van der Waals surface area contributed by atoms with Gasteiger partial charge in [-0.2, -0.15) is 0 Å². The summed E-state index contributed by atoms with van der Waals surface area (Å²) in [6.45, 7) is 2.77. The fraction of sp³-hybridized carbons (Fsp3) is 1.00. The minimum atomic E-state index is -0.769. The maximum absolute atomic E-state index is 10.3. The molecule has 72 valence electrons. The second kappa shape index (κ2) is 4.89. The van der Waals surface area contributed by atoms with Crippen molar-refractivity contribution in [2.45, 2.75) is 26.1 Å². The average Bonchev–Trinajstić information content (AvgIpc) is 1.83. The Morgan fingerprint density at radius 3 is 1.83 bits per heavy atom. The van der Waals surface area contributed by atoms with E-state index in [-0.39, 0.29) is 13.1 Å². The van der Waals surface area contributed by atoms with Gasteiger partial charge in [-0.25, -0.2) is 10.1 Å². The molecule has 12 heavy (non-hydrogen) atoms. The van der Waals surface area contributed by atoms with Gasteiger partial charge in [0.25, 0.3) is 0 Å². The average molecular weight is 178 g/mol. The van der Waals surface area contributed by atoms with Gasteiger partial charge in [0.1, 0.15) is 13.1 Å². The van der Waals surface area contributed by atoms with Crippen LogP contribution in [0.1, 0.15) is 13.8 Å². The number of aliphatic hydroxyl groups is 2. The number of hydrogen-bond donors (Lipinski definition) is 2. The van der Waals surface area contributed by atoms with Gasteiger partial charge in [0, 0.05) is 0 Å². The Labute approximate surface area is 70.5 Å². The Hall–Kier alpha value is -0.880. The third-order valence-electron chi connectivity index (χ3n) is 1.18. The quantitative estimate of drug-likeness (QED) is 0.427. The lowest BCUT2D eigenvalue weighted by atomic mass is 10.3. The summed E-state index contributed by atoms with van der Waals surface area (Å²) in [6.07, 6.45) is -1.54. The molecular weight excluding hydrogens is 164 g/mol. The fourth-order valence-electron chi connectivity index (χ4n) is 0.818. The molecule has 2 N–H and O–H groups in total. The molecule has 2 atom stereocenters. The maximum Gasteiger partial charge on any atom is 0.160 e. The number of nitro groups is 1. The normalized spacial score (nSPS) is 15.3. The topological polar surface area (TPSA) is 86.8 Å². The first kappa shape index (κ1) is 11.1. The molecule has 0 bridgehead atoms. The Bertz CT molecular complexity index is 138. The predicted molar refractivity (Wildman–Crippen MR) is 41.9 cm³/mol. The summed E-state index contributed by atoms with van der Waals surface area (Å²) in [5.41, 5.74) is 0. The molecule has 0 aliphatic rings. The van der Waals surface area contributed by atoms with Crippen LogP contribution in [0.3, 0.4) is 0 Å². The van der Waals surface area contributed by atoms with Gasteiger partial charge in [0.15, 0.2) is 5.03 Å². The highest BCUT2D eigenvalue weighted by molar-refractivity contribution is 4.55. The molecule has 0 aliphatic heterocycles. The molecule has 0 spiro atoms. The van der Waals surface area contributed by atoms with Crippen LogP contribution in [0.4, 0.5) is 0 Å². The summed E-state index contributed by atoms with van der Waals surface area (Å²) in [5.74, 6) is 0. The van der Waals surface area contributed by atoms with E-state index in [2.05, 4.69) is 0 Å². The van der Waals surface area contributed by atoms with Gasteiger partial charge in [-0.3, -0.25) is 0 Å². The van der Waals surface area contributed by atoms with Crippen LogP contribution in [0.2, 0.25) is 0 Å². The minimum absolute atomic E-state index is 0.0715. The van der Waals surface area contributed by atoms with E-state index in [1.54, 1.807) is 0 Å². The molecule has 0 saturated heterocycles. The van der Waals surface area contributed by atoms with Crippen molar-refractivity contribution in [2.75, 3.05) is 13.1 Å². The van der Waals surface area contributed by atoms with E-state index >= 15 is 0 Å². The molecule has 2 unspecified atom stereocenters. The van der Waals surface area contributed by atoms with Gasteiger partial charge >= 0.3 is 0 Å². The highest BCUT2D eigenvalue weighted by Gasteiger charge is 2.18. The first-order valence-corrected chi connectivity index (χ1v) is 3.69. The largest absolute Gasteiger partial charge is 0.391 e. The molecule has 0 aromatic heterocycles. The maximum atomic E-state index is 10.3. The lowest BCUT2D eigenvalue weighted by molar-refractivity contribution is -0.658. The van der Waals surface area contributed by atoms with Crippen molar-refractivity contribution < 1.29 is 15.2 Å². The molecule has 0 aromatic rings. The van der Waals surface area contributed by atoms with E-state index < -0.39 is 17.2 Å². The smallest absolute Gasteiger partial charge is 0.160 e. The zero-order valence-corrected chi connectivity index (χ0v) is 7.17. The number of nitrogens with zero attached hydrogens (tertiary/aromatic N) is 2. The van der Waals surface area contributed by atoms with Crippen LogP contribution in [0.5, 0.6) is 0 Å². The Balaban J connectivity index is 3.96. The molecular formula is C6H14N2O4. The van der Waals surface area contributed by atoms with Crippen LogP contribution in [-0.4, -0.2) is 45.6 Å². The van der Waals surface area contributed by atoms with Crippen molar-refractivity contribution in [1.82, 2.24) is 5.01 Å². The molecule has 0 saturated carbocycles. The predicted octanol–water partition coefficient (Wildman–Crippen LogP) is -0.758. The van der Waals surface area contributed by atoms with Gasteiger partial charge < -0.3 is 10.2 Å². The van der Waals surface area contributed by atoms with Crippen LogP contribution in [0, 0.1) is 10.1 Å². The zero-order valence-electron chi connectivity index (χ0n) is 7.17. The van der Waals surface area contributed by atoms with E-state index in [1.165, 1.54) is 13.8 Å². The molecule has 0 radical (unpaired) electrons. The van der Waals surface area contributed by atoms with Crippen molar-refractivity contribution in [3.63, 3.8) is 0 Å². The standard InChI is InChI=1S/C6H14N2O4/c1-5(9)3-7(8(11)12)4-6(2)10/h5-6,9-10H,3-4H2,1-2H3. The molecule has 0 aliphatic carbocycles. The van der Waals surface area contributed by atoms with Gasteiger partial charge in [-0.1, -0.05) is 0 Å². The first-order valence-electron chi connectivity index (χ1n) is 3.69. The van der Waals surface area contributed by atoms with E-state index in [1.807, 2.05) is 0 Å². The summed E-state index contributed by atoms with van der Waals surface area (Å²) < 4.78 is 0. The molecule has 0 heterocycles. The van der Waals surface area contributed by atoms with Crippen LogP contribution < -0.4 is 0 Å². The SMILES string of the molecule is CC(O)CN(CC(C)O)[N+](=O)[O-]. The van der Waals surface area contributed by atoms with Crippen molar-refractivity contribution in [3.05, 3.63) is 10.1 Å². The summed E-state index contributed by atoms with van der Waals surface area (Å²) in [5, 5.41) is 28.2. The van der Waals surface area contributed by atoms with E-state index in [4.69, 9.17) is 10.2 Å². The molecule has 0 fully saturated rings. The number of hydrazine groups is 1. The Morgan fingerprint density at radius 2 is 1.67 bits per heavy atom. The summed E-state index contributed by atoms with van der Waals surface area (Å²) in [7, 11) is 0. The van der Waals surface area contributed by atoms with Crippen molar-refractivity contribution in [3.8, 4) is 0 Å². The number of hydrogen-bond acceptors (Lipinski definition) is 4. The van der Waals surface area contributed by atoms with Crippen molar-refractivity contribution in [2.24, 2.45) is 0 Å². The minimum Gasteiger partial charge on any atom is -0.391 e. The molecule has 0 amide bonds. The summed E-state index contributed by atoms with van der Waals surface area (Å²) in [6, 6.07) is 0. The Kier molecular flexibility index (Phi) is 4.53. The number of rotatable bonds is 5. The second-order valence-corrected chi connectivity index (χ2v) is 2.81. The van der Waals surface area contributed by atoms with Crippen LogP contribution >= 0.6 is 0 Å². The fourth-order valence-corrected chi connectivity index (χ4v) is 0.818. The van der Waals surface area contributed by atoms with Crippen LogP contribution in [0.25, 0.3) is 0 Å². The highest BCUT2D eigenvalue weighted by atomic mass is 16.7. The van der Waals surface area contributed by atoms with E-state index in [0.29, 0.717) is 0 Å². The van der Waals surface area contributed by atoms with Crippen LogP contribution in [-0.2, 0) is 0 Å². The molecule has 0 aromatic carbocycles. The zero-order chi connectivity index (χ0) is 9.72. The van der Waals surface area contributed by atoms with Gasteiger partial charge in [0.05, 0.1) is 12.2 Å². The third-order valence-corrected chi connectivity index (χ3v) is 1.18. The van der Waals surface area contributed by atoms with Crippen molar-refractivity contribution in [1.29, 1.82) is 0 Å². The summed E-state index contributed by atoms with van der Waals surface area (Å²) in [4.78, 5) is 10.3. The van der Waals surface area contributed by atoms with Gasteiger partial charge in [-0.15, -0.1) is 5.01 Å².